The van der Waals surface area contributed by atoms with Crippen LogP contribution in [-0.2, 0) is 9.53 Å². The third-order valence-corrected chi connectivity index (χ3v) is 2.75. The number of rotatable bonds is 4. The number of azide groups is 1. The number of aliphatic hydroxyl groups is 4. The molecule has 102 valence electrons. The molecule has 5 atom stereocenters. The van der Waals surface area contributed by atoms with E-state index in [1.807, 2.05) is 5.43 Å². The molecule has 1 aliphatic heterocycles. The Morgan fingerprint density at radius 1 is 1.56 bits per heavy atom. The number of carbonyl (C=O) groups excluding carboxylic acids is 1. The Hall–Kier alpha value is -1.42. The Balaban J connectivity index is 3.09. The average Bonchev–Trinajstić information content (AvgIpc) is 2.33. The first kappa shape index (κ1) is 14.6. The number of ether oxygens (including phenoxy) is 1. The predicted molar refractivity (Wildman–Crippen MR) is 55.7 cm³/mol. The Morgan fingerprint density at radius 2 is 2.17 bits per heavy atom. The molecule has 0 aromatic rings. The van der Waals surface area contributed by atoms with Gasteiger partial charge < -0.3 is 25.2 Å². The molecule has 1 heterocycles. The molecule has 1 rings (SSSR count). The van der Waals surface area contributed by atoms with Gasteiger partial charge in [0.25, 0.3) is 5.79 Å². The van der Waals surface area contributed by atoms with Gasteiger partial charge in [-0.15, -0.1) is 5.53 Å². The maximum absolute atomic E-state index is 11.4. The summed E-state index contributed by atoms with van der Waals surface area (Å²) in [6.07, 6.45) is -4.56. The number of ketones is 1. The van der Waals surface area contributed by atoms with Gasteiger partial charge in [0.1, 0.15) is 18.3 Å². The molecule has 1 fully saturated rings. The maximum Gasteiger partial charge on any atom is 0.271 e. The summed E-state index contributed by atoms with van der Waals surface area (Å²) in [5.74, 6) is -3.39. The zero-order valence-corrected chi connectivity index (χ0v) is 9.46. The predicted octanol–water partition coefficient (Wildman–Crippen LogP) is -2.44. The molecule has 0 spiro atoms. The summed E-state index contributed by atoms with van der Waals surface area (Å²) in [5.41, 5.74) is 10.1. The first-order valence-electron chi connectivity index (χ1n) is 5.06. The van der Waals surface area contributed by atoms with E-state index in [4.69, 9.17) is 15.4 Å². The van der Waals surface area contributed by atoms with Gasteiger partial charge in [-0.1, -0.05) is 0 Å². The first-order chi connectivity index (χ1) is 8.38. The summed E-state index contributed by atoms with van der Waals surface area (Å²) < 4.78 is 4.88. The Bertz CT molecular complexity index is 373. The van der Waals surface area contributed by atoms with Gasteiger partial charge in [-0.2, -0.15) is 4.91 Å². The first-order valence-corrected chi connectivity index (χ1v) is 5.06. The third kappa shape index (κ3) is 2.38. The Morgan fingerprint density at radius 3 is 2.61 bits per heavy atom. The summed E-state index contributed by atoms with van der Waals surface area (Å²) in [7, 11) is 0. The monoisotopic (exact) mass is 262 g/mol. The lowest BCUT2D eigenvalue weighted by Gasteiger charge is -2.43. The van der Waals surface area contributed by atoms with Gasteiger partial charge in [0.05, 0.1) is 6.61 Å². The SMILES string of the molecule is CC(=O)C1(O)O[C@H](CO)[C@@H](O)[C@H](O)[C@@H]1NN=[N+]=[N-]. The van der Waals surface area contributed by atoms with E-state index in [1.165, 1.54) is 0 Å². The van der Waals surface area contributed by atoms with E-state index in [9.17, 15) is 20.1 Å². The quantitative estimate of drug-likeness (QED) is 0.162. The number of hydrogen-bond donors (Lipinski definition) is 5. The molecular weight excluding hydrogens is 248 g/mol. The van der Waals surface area contributed by atoms with Crippen molar-refractivity contribution in [3.8, 4) is 0 Å². The van der Waals surface area contributed by atoms with E-state index < -0.39 is 42.5 Å². The maximum atomic E-state index is 11.4. The van der Waals surface area contributed by atoms with Gasteiger partial charge in [-0.25, -0.2) is 5.43 Å². The summed E-state index contributed by atoms with van der Waals surface area (Å²) >= 11 is 0. The summed E-state index contributed by atoms with van der Waals surface area (Å²) in [5, 5.41) is 41.2. The zero-order valence-electron chi connectivity index (χ0n) is 9.46. The van der Waals surface area contributed by atoms with E-state index in [-0.39, 0.29) is 0 Å². The summed E-state index contributed by atoms with van der Waals surface area (Å²) in [6, 6.07) is -1.55. The fourth-order valence-corrected chi connectivity index (χ4v) is 1.72. The number of carbonyl (C=O) groups is 1. The van der Waals surface area contributed by atoms with Gasteiger partial charge in [0, 0.05) is 6.92 Å². The number of nitrogens with one attached hydrogen (secondary N) is 1. The largest absolute Gasteiger partial charge is 0.394 e. The highest BCUT2D eigenvalue weighted by molar-refractivity contribution is 5.84. The molecule has 0 aromatic heterocycles. The number of aliphatic hydroxyl groups excluding tert-OH is 3. The molecule has 1 saturated heterocycles. The summed E-state index contributed by atoms with van der Waals surface area (Å²) in [6.45, 7) is 0.283. The molecular formula is C8H14N4O6. The molecule has 5 N–H and O–H groups in total. The zero-order chi connectivity index (χ0) is 13.9. The van der Waals surface area contributed by atoms with E-state index >= 15 is 0 Å². The molecule has 0 radical (unpaired) electrons. The number of nitrogens with zero attached hydrogens (tertiary/aromatic N) is 3. The minimum atomic E-state index is -2.51. The second-order valence-corrected chi connectivity index (χ2v) is 3.87. The minimum Gasteiger partial charge on any atom is -0.394 e. The van der Waals surface area contributed by atoms with E-state index in [1.54, 1.807) is 0 Å². The van der Waals surface area contributed by atoms with Crippen LogP contribution in [0.5, 0.6) is 0 Å². The van der Waals surface area contributed by atoms with Crippen LogP contribution < -0.4 is 5.43 Å². The smallest absolute Gasteiger partial charge is 0.271 e. The number of hydrogen-bond acceptors (Lipinski definition) is 7. The van der Waals surface area contributed by atoms with Crippen molar-refractivity contribution in [2.75, 3.05) is 6.61 Å². The van der Waals surface area contributed by atoms with Crippen molar-refractivity contribution < 1.29 is 30.0 Å². The fourth-order valence-electron chi connectivity index (χ4n) is 1.72. The van der Waals surface area contributed by atoms with Crippen LogP contribution in [0.3, 0.4) is 0 Å². The topological polar surface area (TPSA) is 168 Å². The van der Waals surface area contributed by atoms with Crippen LogP contribution in [0.2, 0.25) is 0 Å². The van der Waals surface area contributed by atoms with E-state index in [0.29, 0.717) is 0 Å². The molecule has 0 saturated carbocycles. The van der Waals surface area contributed by atoms with Crippen LogP contribution in [0, 0.1) is 0 Å². The van der Waals surface area contributed by atoms with Crippen molar-refractivity contribution in [2.24, 2.45) is 5.22 Å². The van der Waals surface area contributed by atoms with Crippen LogP contribution in [-0.4, -0.2) is 63.0 Å². The highest BCUT2D eigenvalue weighted by atomic mass is 16.7. The van der Waals surface area contributed by atoms with Crippen molar-refractivity contribution in [3.05, 3.63) is 10.4 Å². The normalized spacial score (nSPS) is 39.8. The molecule has 1 aliphatic rings. The molecule has 10 heteroatoms. The van der Waals surface area contributed by atoms with Crippen molar-refractivity contribution >= 4 is 5.78 Å². The average molecular weight is 262 g/mol. The minimum absolute atomic E-state index is 0.706. The van der Waals surface area contributed by atoms with Gasteiger partial charge >= 0.3 is 0 Å². The van der Waals surface area contributed by atoms with Crippen LogP contribution in [0.25, 0.3) is 10.4 Å². The van der Waals surface area contributed by atoms with Crippen molar-refractivity contribution in [1.29, 1.82) is 0 Å². The number of Topliss-reactive ketones (excluding diaryl/α,β-unsaturated/α-hetero) is 1. The lowest BCUT2D eigenvalue weighted by atomic mass is 9.89. The van der Waals surface area contributed by atoms with Crippen LogP contribution in [0.4, 0.5) is 0 Å². The highest BCUT2D eigenvalue weighted by Gasteiger charge is 2.58. The van der Waals surface area contributed by atoms with E-state index in [2.05, 4.69) is 10.1 Å². The van der Waals surface area contributed by atoms with Crippen LogP contribution >= 0.6 is 0 Å². The molecule has 0 aliphatic carbocycles. The lowest BCUT2D eigenvalue weighted by molar-refractivity contribution is -0.301. The van der Waals surface area contributed by atoms with Gasteiger partial charge in [-0.3, -0.25) is 4.79 Å². The second kappa shape index (κ2) is 5.48. The molecule has 0 bridgehead atoms. The van der Waals surface area contributed by atoms with Crippen LogP contribution in [0.15, 0.2) is 5.22 Å². The molecule has 0 aromatic carbocycles. The second-order valence-electron chi connectivity index (χ2n) is 3.87. The molecule has 0 amide bonds. The van der Waals surface area contributed by atoms with Crippen molar-refractivity contribution in [2.45, 2.75) is 37.1 Å². The lowest BCUT2D eigenvalue weighted by Crippen LogP contribution is -2.71. The molecule has 18 heavy (non-hydrogen) atoms. The molecule has 1 unspecified atom stereocenters. The van der Waals surface area contributed by atoms with Gasteiger partial charge in [0.15, 0.2) is 11.8 Å². The molecule has 10 nitrogen and oxygen atoms in total. The van der Waals surface area contributed by atoms with Gasteiger partial charge in [-0.05, 0) is 5.22 Å². The highest BCUT2D eigenvalue weighted by Crippen LogP contribution is 2.29. The van der Waals surface area contributed by atoms with Crippen LogP contribution in [0.1, 0.15) is 6.92 Å². The van der Waals surface area contributed by atoms with Gasteiger partial charge in [0.2, 0.25) is 0 Å². The van der Waals surface area contributed by atoms with Crippen molar-refractivity contribution in [3.63, 3.8) is 0 Å². The third-order valence-electron chi connectivity index (χ3n) is 2.75. The Labute approximate surface area is 101 Å². The Kier molecular flexibility index (Phi) is 4.46. The van der Waals surface area contributed by atoms with Crippen molar-refractivity contribution in [1.82, 2.24) is 5.43 Å². The van der Waals surface area contributed by atoms with E-state index in [0.717, 1.165) is 6.92 Å². The summed E-state index contributed by atoms with van der Waals surface area (Å²) in [4.78, 5) is 13.7. The fraction of sp³-hybridized carbons (Fsp3) is 0.875. The standard InChI is InChI=1S/C8H14N4O6/c1-3(14)8(17)7(10-12-11-9)6(16)5(15)4(2-13)18-8/h4-7,10,13,15-17H,2H2,1H3/t4-,5-,6+,7+,8?/m1/s1.